The molecule has 2 atom stereocenters. The molecular weight excluding hydrogens is 240 g/mol. The Morgan fingerprint density at radius 1 is 1.61 bits per heavy atom. The zero-order chi connectivity index (χ0) is 13.3. The van der Waals surface area contributed by atoms with Crippen LogP contribution < -0.4 is 0 Å². The minimum absolute atomic E-state index is 0.0437. The molecule has 1 heterocycles. The van der Waals surface area contributed by atoms with Gasteiger partial charge in [-0.2, -0.15) is 0 Å². The van der Waals surface area contributed by atoms with Crippen LogP contribution in [0.4, 0.5) is 0 Å². The number of rotatable bonds is 2. The Morgan fingerprint density at radius 2 is 2.33 bits per heavy atom. The first kappa shape index (κ1) is 12.7. The van der Waals surface area contributed by atoms with Crippen LogP contribution in [0.1, 0.15) is 6.92 Å². The third-order valence-electron chi connectivity index (χ3n) is 2.55. The number of hydroxylamine groups is 2. The zero-order valence-corrected chi connectivity index (χ0v) is 9.48. The lowest BCUT2D eigenvalue weighted by molar-refractivity contribution is -0.130. The number of cyclic esters (lactones) is 1. The topological polar surface area (TPSA) is 105 Å². The van der Waals surface area contributed by atoms with Crippen molar-refractivity contribution >= 4 is 11.9 Å². The van der Waals surface area contributed by atoms with Crippen molar-refractivity contribution in [1.82, 2.24) is 5.23 Å². The molecule has 0 fully saturated rings. The Morgan fingerprint density at radius 3 is 2.89 bits per heavy atom. The van der Waals surface area contributed by atoms with Gasteiger partial charge in [0.05, 0.1) is 12.1 Å². The molecule has 0 spiro atoms. The number of carbonyl (C=O) groups excluding carboxylic acids is 1. The van der Waals surface area contributed by atoms with Crippen LogP contribution in [0.5, 0.6) is 0 Å². The Bertz CT molecular complexity index is 490. The average molecular weight is 251 g/mol. The predicted octanol–water partition coefficient (Wildman–Crippen LogP) is 0.260. The molecule has 0 radical (unpaired) electrons. The lowest BCUT2D eigenvalue weighted by atomic mass is 9.96. The summed E-state index contributed by atoms with van der Waals surface area (Å²) in [5.74, 6) is -0.397. The second-order valence-corrected chi connectivity index (χ2v) is 3.84. The van der Waals surface area contributed by atoms with Gasteiger partial charge in [0.2, 0.25) is 0 Å². The van der Waals surface area contributed by atoms with Crippen molar-refractivity contribution in [3.8, 4) is 0 Å². The standard InChI is InChI=1S/C11H11N2O5/c1-6-12-8(11(15)18-6)5-7-3-2-4-9(10(7)14)13(16)17/h2-5,9-10,14,16H,1H3/q-1/b8-5+/t9-,10-/m1/s1. The summed E-state index contributed by atoms with van der Waals surface area (Å²) in [7, 11) is 0. The summed E-state index contributed by atoms with van der Waals surface area (Å²) in [4.78, 5) is 15.2. The van der Waals surface area contributed by atoms with Gasteiger partial charge in [0.15, 0.2) is 11.6 Å². The van der Waals surface area contributed by atoms with E-state index in [-0.39, 0.29) is 16.8 Å². The summed E-state index contributed by atoms with van der Waals surface area (Å²) in [6.07, 6.45) is 4.45. The van der Waals surface area contributed by atoms with E-state index in [4.69, 9.17) is 9.94 Å². The fraction of sp³-hybridized carbons (Fsp3) is 0.273. The summed E-state index contributed by atoms with van der Waals surface area (Å²) < 4.78 is 4.72. The van der Waals surface area contributed by atoms with E-state index in [0.29, 0.717) is 5.57 Å². The molecule has 96 valence electrons. The van der Waals surface area contributed by atoms with Crippen molar-refractivity contribution in [3.63, 3.8) is 0 Å². The number of aliphatic hydroxyl groups excluding tert-OH is 1. The molecule has 7 heteroatoms. The highest BCUT2D eigenvalue weighted by atomic mass is 16.8. The largest absolute Gasteiger partial charge is 0.762 e. The molecule has 0 aromatic heterocycles. The molecule has 0 unspecified atom stereocenters. The van der Waals surface area contributed by atoms with Crippen LogP contribution in [0.2, 0.25) is 0 Å². The van der Waals surface area contributed by atoms with E-state index >= 15 is 0 Å². The fourth-order valence-electron chi connectivity index (χ4n) is 1.68. The monoisotopic (exact) mass is 251 g/mol. The Hall–Kier alpha value is -1.80. The third kappa shape index (κ3) is 2.39. The number of allylic oxidation sites excluding steroid dienone is 2. The highest BCUT2D eigenvalue weighted by Crippen LogP contribution is 2.21. The number of aliphatic hydroxyl groups is 1. The quantitative estimate of drug-likeness (QED) is 0.414. The van der Waals surface area contributed by atoms with Gasteiger partial charge in [-0.1, -0.05) is 18.2 Å². The first-order chi connectivity index (χ1) is 8.49. The number of hydrogen-bond donors (Lipinski definition) is 2. The van der Waals surface area contributed by atoms with Crippen LogP contribution in [-0.4, -0.2) is 39.6 Å². The van der Waals surface area contributed by atoms with Gasteiger partial charge < -0.3 is 20.3 Å². The van der Waals surface area contributed by atoms with Gasteiger partial charge in [0.25, 0.3) is 0 Å². The van der Waals surface area contributed by atoms with Gasteiger partial charge >= 0.3 is 5.97 Å². The third-order valence-corrected chi connectivity index (χ3v) is 2.55. The summed E-state index contributed by atoms with van der Waals surface area (Å²) in [6.45, 7) is 1.53. The van der Waals surface area contributed by atoms with Gasteiger partial charge in [-0.25, -0.2) is 9.79 Å². The Balaban J connectivity index is 2.25. The molecule has 18 heavy (non-hydrogen) atoms. The second-order valence-electron chi connectivity index (χ2n) is 3.84. The van der Waals surface area contributed by atoms with E-state index in [1.807, 2.05) is 0 Å². The van der Waals surface area contributed by atoms with Crippen molar-refractivity contribution < 1.29 is 19.8 Å². The minimum Gasteiger partial charge on any atom is -0.762 e. The van der Waals surface area contributed by atoms with Gasteiger partial charge in [-0.05, 0) is 11.6 Å². The van der Waals surface area contributed by atoms with Crippen molar-refractivity contribution in [3.05, 3.63) is 40.8 Å². The number of carbonyl (C=O) groups is 1. The first-order valence-corrected chi connectivity index (χ1v) is 5.20. The summed E-state index contributed by atoms with van der Waals surface area (Å²) in [6, 6.07) is -1.11. The summed E-state index contributed by atoms with van der Waals surface area (Å²) >= 11 is 0. The van der Waals surface area contributed by atoms with Gasteiger partial charge in [0, 0.05) is 6.92 Å². The van der Waals surface area contributed by atoms with Crippen LogP contribution >= 0.6 is 0 Å². The molecule has 7 nitrogen and oxygen atoms in total. The predicted molar refractivity (Wildman–Crippen MR) is 61.3 cm³/mol. The fourth-order valence-corrected chi connectivity index (χ4v) is 1.68. The first-order valence-electron chi connectivity index (χ1n) is 5.20. The highest BCUT2D eigenvalue weighted by molar-refractivity contribution is 6.04. The van der Waals surface area contributed by atoms with E-state index < -0.39 is 18.1 Å². The van der Waals surface area contributed by atoms with E-state index in [9.17, 15) is 15.1 Å². The summed E-state index contributed by atoms with van der Waals surface area (Å²) in [5, 5.41) is 29.1. The molecule has 2 rings (SSSR count). The van der Waals surface area contributed by atoms with Crippen molar-refractivity contribution in [2.24, 2.45) is 4.99 Å². The Kier molecular flexibility index (Phi) is 3.39. The van der Waals surface area contributed by atoms with Gasteiger partial charge in [-0.3, -0.25) is 5.23 Å². The maximum Gasteiger partial charge on any atom is 0.363 e. The second kappa shape index (κ2) is 4.83. The highest BCUT2D eigenvalue weighted by Gasteiger charge is 2.26. The van der Waals surface area contributed by atoms with Crippen molar-refractivity contribution in [2.45, 2.75) is 19.1 Å². The molecule has 2 N–H and O–H groups in total. The molecule has 1 aliphatic heterocycles. The van der Waals surface area contributed by atoms with Crippen LogP contribution in [0.25, 0.3) is 0 Å². The zero-order valence-electron chi connectivity index (χ0n) is 9.48. The number of aliphatic imine (C=N–C) groups is 1. The normalized spacial score (nSPS) is 29.6. The molecule has 2 aliphatic rings. The molecule has 0 aromatic carbocycles. The number of nitrogens with zero attached hydrogens (tertiary/aromatic N) is 2. The number of ether oxygens (including phenoxy) is 1. The van der Waals surface area contributed by atoms with E-state index in [2.05, 4.69) is 4.99 Å². The van der Waals surface area contributed by atoms with Crippen LogP contribution in [0, 0.1) is 5.21 Å². The molecule has 0 aromatic rings. The maximum atomic E-state index is 11.3. The van der Waals surface area contributed by atoms with Gasteiger partial charge in [0.1, 0.15) is 0 Å². The van der Waals surface area contributed by atoms with E-state index in [1.165, 1.54) is 31.2 Å². The molecule has 0 amide bonds. The van der Waals surface area contributed by atoms with Crippen LogP contribution in [0.15, 0.2) is 40.6 Å². The number of esters is 1. The number of hydrogen-bond acceptors (Lipinski definition) is 7. The average Bonchev–Trinajstić information content (AvgIpc) is 2.60. The van der Waals surface area contributed by atoms with Crippen molar-refractivity contribution in [1.29, 1.82) is 0 Å². The van der Waals surface area contributed by atoms with Crippen LogP contribution in [0.3, 0.4) is 0 Å². The lowest BCUT2D eigenvalue weighted by Gasteiger charge is -2.33. The molecule has 0 saturated heterocycles. The van der Waals surface area contributed by atoms with Crippen molar-refractivity contribution in [2.75, 3.05) is 0 Å². The van der Waals surface area contributed by atoms with E-state index in [1.54, 1.807) is 0 Å². The molecule has 0 saturated carbocycles. The molecule has 0 bridgehead atoms. The van der Waals surface area contributed by atoms with Gasteiger partial charge in [-0.15, -0.1) is 0 Å². The Labute approximate surface area is 103 Å². The minimum atomic E-state index is -1.24. The van der Waals surface area contributed by atoms with E-state index in [0.717, 1.165) is 0 Å². The summed E-state index contributed by atoms with van der Waals surface area (Å²) in [5.41, 5.74) is 0.338. The molecule has 1 aliphatic carbocycles. The lowest BCUT2D eigenvalue weighted by Crippen LogP contribution is -2.38. The SMILES string of the molecule is CC1=N/C(=C/C2=CC=C[C@@H](N([O-])O)[C@@H]2O)C(=O)O1. The smallest absolute Gasteiger partial charge is 0.363 e. The van der Waals surface area contributed by atoms with Crippen LogP contribution in [-0.2, 0) is 9.53 Å². The maximum absolute atomic E-state index is 11.3. The molecular formula is C11H11N2O5-.